The van der Waals surface area contributed by atoms with Gasteiger partial charge in [0.15, 0.2) is 5.78 Å². The fourth-order valence-electron chi connectivity index (χ4n) is 0.322. The summed E-state index contributed by atoms with van der Waals surface area (Å²) < 4.78 is 3.51. The third-order valence-electron chi connectivity index (χ3n) is 0.708. The van der Waals surface area contributed by atoms with Crippen LogP contribution in [0.4, 0.5) is 0 Å². The second kappa shape index (κ2) is 2.00. The van der Waals surface area contributed by atoms with Gasteiger partial charge in [-0.05, 0) is 11.5 Å². The van der Waals surface area contributed by atoms with Crippen molar-refractivity contribution in [3.05, 3.63) is 11.1 Å². The smallest absolute Gasteiger partial charge is 0.172 e. The van der Waals surface area contributed by atoms with Crippen molar-refractivity contribution in [2.24, 2.45) is 0 Å². The second-order valence-corrected chi connectivity index (χ2v) is 2.12. The Morgan fingerprint density at radius 3 is 2.88 bits per heavy atom. The Bertz CT molecular complexity index is 182. The van der Waals surface area contributed by atoms with Crippen LogP contribution in [0.2, 0.25) is 0 Å². The number of carbonyl (C=O) groups is 1. The maximum Gasteiger partial charge on any atom is 0.172 e. The standard InChI is InChI=1S/C4H4N2OS/c1-3(7)4-2-5-6-8-4/h2H,1H3. The summed E-state index contributed by atoms with van der Waals surface area (Å²) in [6.45, 7) is 1.50. The highest BCUT2D eigenvalue weighted by molar-refractivity contribution is 7.07. The molecule has 0 aliphatic heterocycles. The molecular formula is C4H4N2OS. The summed E-state index contributed by atoms with van der Waals surface area (Å²) in [5.74, 6) is 0.0278. The molecular weight excluding hydrogens is 124 g/mol. The molecule has 1 rings (SSSR count). The molecule has 0 amide bonds. The van der Waals surface area contributed by atoms with E-state index in [9.17, 15) is 4.79 Å². The van der Waals surface area contributed by atoms with Gasteiger partial charge in [0.2, 0.25) is 0 Å². The van der Waals surface area contributed by atoms with E-state index in [2.05, 4.69) is 9.59 Å². The molecule has 0 fully saturated rings. The second-order valence-electron chi connectivity index (χ2n) is 1.34. The van der Waals surface area contributed by atoms with Crippen LogP contribution in [-0.4, -0.2) is 15.4 Å². The minimum atomic E-state index is 0.0278. The van der Waals surface area contributed by atoms with Gasteiger partial charge in [-0.3, -0.25) is 4.79 Å². The van der Waals surface area contributed by atoms with Crippen LogP contribution in [0.15, 0.2) is 6.20 Å². The molecule has 0 N–H and O–H groups in total. The predicted molar refractivity (Wildman–Crippen MR) is 29.9 cm³/mol. The van der Waals surface area contributed by atoms with Crippen LogP contribution in [0.5, 0.6) is 0 Å². The van der Waals surface area contributed by atoms with Gasteiger partial charge in [-0.15, -0.1) is 5.10 Å². The van der Waals surface area contributed by atoms with Crippen molar-refractivity contribution in [2.45, 2.75) is 6.92 Å². The summed E-state index contributed by atoms with van der Waals surface area (Å²) in [6.07, 6.45) is 1.47. The van der Waals surface area contributed by atoms with Crippen LogP contribution in [0, 0.1) is 0 Å². The van der Waals surface area contributed by atoms with Gasteiger partial charge < -0.3 is 0 Å². The SMILES string of the molecule is CC(=O)c1cnns1. The van der Waals surface area contributed by atoms with E-state index in [-0.39, 0.29) is 5.78 Å². The van der Waals surface area contributed by atoms with Gasteiger partial charge in [0.05, 0.1) is 6.20 Å². The summed E-state index contributed by atoms with van der Waals surface area (Å²) in [6, 6.07) is 0. The molecule has 4 heteroatoms. The van der Waals surface area contributed by atoms with Crippen LogP contribution in [0.1, 0.15) is 16.6 Å². The highest BCUT2D eigenvalue weighted by Crippen LogP contribution is 2.00. The Hall–Kier alpha value is -0.770. The van der Waals surface area contributed by atoms with Crippen molar-refractivity contribution >= 4 is 17.3 Å². The van der Waals surface area contributed by atoms with Crippen LogP contribution in [-0.2, 0) is 0 Å². The van der Waals surface area contributed by atoms with Gasteiger partial charge in [-0.2, -0.15) is 0 Å². The number of Topliss-reactive ketones (excluding diaryl/α,β-unsaturated/α-hetero) is 1. The molecule has 0 bridgehead atoms. The van der Waals surface area contributed by atoms with E-state index >= 15 is 0 Å². The summed E-state index contributed by atoms with van der Waals surface area (Å²) in [5, 5.41) is 3.49. The zero-order valence-corrected chi connectivity index (χ0v) is 5.10. The zero-order chi connectivity index (χ0) is 5.98. The first kappa shape index (κ1) is 5.37. The van der Waals surface area contributed by atoms with E-state index < -0.39 is 0 Å². The molecule has 3 nitrogen and oxygen atoms in total. The fourth-order valence-corrected chi connectivity index (χ4v) is 0.727. The molecule has 0 radical (unpaired) electrons. The number of aromatic nitrogens is 2. The lowest BCUT2D eigenvalue weighted by Gasteiger charge is -1.75. The fraction of sp³-hybridized carbons (Fsp3) is 0.250. The highest BCUT2D eigenvalue weighted by Gasteiger charge is 1.98. The molecule has 1 aromatic heterocycles. The van der Waals surface area contributed by atoms with Gasteiger partial charge in [-0.25, -0.2) is 0 Å². The average molecular weight is 128 g/mol. The van der Waals surface area contributed by atoms with E-state index in [1.54, 1.807) is 0 Å². The van der Waals surface area contributed by atoms with Crippen molar-refractivity contribution in [1.82, 2.24) is 9.59 Å². The van der Waals surface area contributed by atoms with Crippen LogP contribution in [0.3, 0.4) is 0 Å². The van der Waals surface area contributed by atoms with Gasteiger partial charge in [0, 0.05) is 6.92 Å². The molecule has 0 aliphatic rings. The van der Waals surface area contributed by atoms with Crippen molar-refractivity contribution in [3.8, 4) is 0 Å². The quantitative estimate of drug-likeness (QED) is 0.524. The Kier molecular flexibility index (Phi) is 1.34. The number of hydrogen-bond donors (Lipinski definition) is 0. The van der Waals surface area contributed by atoms with E-state index in [1.165, 1.54) is 13.1 Å². The Labute approximate surface area is 50.5 Å². The number of hydrogen-bond acceptors (Lipinski definition) is 4. The van der Waals surface area contributed by atoms with Crippen LogP contribution >= 0.6 is 11.5 Å². The largest absolute Gasteiger partial charge is 0.293 e. The maximum absolute atomic E-state index is 10.4. The van der Waals surface area contributed by atoms with Gasteiger partial charge in [-0.1, -0.05) is 4.49 Å². The first-order valence-corrected chi connectivity index (χ1v) is 2.86. The molecule has 0 saturated heterocycles. The topological polar surface area (TPSA) is 42.9 Å². The number of rotatable bonds is 1. The van der Waals surface area contributed by atoms with Gasteiger partial charge in [0.25, 0.3) is 0 Å². The van der Waals surface area contributed by atoms with Gasteiger partial charge in [0.1, 0.15) is 4.88 Å². The van der Waals surface area contributed by atoms with Crippen molar-refractivity contribution in [3.63, 3.8) is 0 Å². The van der Waals surface area contributed by atoms with Crippen LogP contribution < -0.4 is 0 Å². The van der Waals surface area contributed by atoms with E-state index in [4.69, 9.17) is 0 Å². The number of nitrogens with zero attached hydrogens (tertiary/aromatic N) is 2. The molecule has 0 atom stereocenters. The molecule has 0 saturated carbocycles. The molecule has 1 heterocycles. The lowest BCUT2D eigenvalue weighted by Crippen LogP contribution is -1.83. The molecule has 42 valence electrons. The number of carbonyl (C=O) groups excluding carboxylic acids is 1. The van der Waals surface area contributed by atoms with Crippen molar-refractivity contribution < 1.29 is 4.79 Å². The van der Waals surface area contributed by atoms with Crippen molar-refractivity contribution in [1.29, 1.82) is 0 Å². The summed E-state index contributed by atoms with van der Waals surface area (Å²) in [7, 11) is 0. The van der Waals surface area contributed by atoms with E-state index in [0.29, 0.717) is 4.88 Å². The highest BCUT2D eigenvalue weighted by atomic mass is 32.1. The number of ketones is 1. The predicted octanol–water partition coefficient (Wildman–Crippen LogP) is 0.741. The van der Waals surface area contributed by atoms with Gasteiger partial charge >= 0.3 is 0 Å². The van der Waals surface area contributed by atoms with E-state index in [0.717, 1.165) is 11.5 Å². The monoisotopic (exact) mass is 128 g/mol. The van der Waals surface area contributed by atoms with E-state index in [1.807, 2.05) is 0 Å². The Morgan fingerprint density at radius 2 is 2.62 bits per heavy atom. The molecule has 0 spiro atoms. The average Bonchev–Trinajstić information content (AvgIpc) is 2.12. The zero-order valence-electron chi connectivity index (χ0n) is 4.29. The Balaban J connectivity index is 2.93. The first-order chi connectivity index (χ1) is 3.80. The molecule has 0 unspecified atom stereocenters. The Morgan fingerprint density at radius 1 is 1.88 bits per heavy atom. The molecule has 1 aromatic rings. The third-order valence-corrected chi connectivity index (χ3v) is 1.47. The minimum Gasteiger partial charge on any atom is -0.293 e. The lowest BCUT2D eigenvalue weighted by molar-refractivity contribution is 0.102. The molecule has 0 aliphatic carbocycles. The maximum atomic E-state index is 10.4. The normalized spacial score (nSPS) is 9.12. The summed E-state index contributed by atoms with van der Waals surface area (Å²) in [4.78, 5) is 11.1. The summed E-state index contributed by atoms with van der Waals surface area (Å²) >= 11 is 1.12. The summed E-state index contributed by atoms with van der Waals surface area (Å²) in [5.41, 5.74) is 0. The first-order valence-electron chi connectivity index (χ1n) is 2.09. The molecule has 0 aromatic carbocycles. The van der Waals surface area contributed by atoms with Crippen LogP contribution in [0.25, 0.3) is 0 Å². The molecule has 8 heavy (non-hydrogen) atoms. The lowest BCUT2D eigenvalue weighted by atomic mass is 10.4. The van der Waals surface area contributed by atoms with Crippen molar-refractivity contribution in [2.75, 3.05) is 0 Å². The third kappa shape index (κ3) is 0.894. The minimum absolute atomic E-state index is 0.0278.